The van der Waals surface area contributed by atoms with Gasteiger partial charge in [0.1, 0.15) is 0 Å². The summed E-state index contributed by atoms with van der Waals surface area (Å²) < 4.78 is 27.0. The maximum Gasteiger partial charge on any atom is 0.213 e. The van der Waals surface area contributed by atoms with Crippen LogP contribution in [0, 0.1) is 5.92 Å². The summed E-state index contributed by atoms with van der Waals surface area (Å²) >= 11 is 6.30. The van der Waals surface area contributed by atoms with Gasteiger partial charge in [-0.15, -0.1) is 24.0 Å². The van der Waals surface area contributed by atoms with Crippen molar-refractivity contribution in [1.29, 1.82) is 0 Å². The van der Waals surface area contributed by atoms with E-state index in [0.29, 0.717) is 19.0 Å². The van der Waals surface area contributed by atoms with Crippen molar-refractivity contribution in [3.05, 3.63) is 29.3 Å². The molecule has 1 saturated carbocycles. The van der Waals surface area contributed by atoms with Crippen LogP contribution in [0.4, 0.5) is 5.69 Å². The Morgan fingerprint density at radius 1 is 1.21 bits per heavy atom. The van der Waals surface area contributed by atoms with E-state index in [2.05, 4.69) is 24.8 Å². The molecule has 1 aliphatic heterocycles. The molecule has 1 aliphatic carbocycles. The fourth-order valence-corrected chi connectivity index (χ4v) is 4.77. The lowest BCUT2D eigenvalue weighted by molar-refractivity contribution is 0.316. The molecule has 0 atom stereocenters. The topological polar surface area (TPSA) is 77.0 Å². The van der Waals surface area contributed by atoms with Gasteiger partial charge < -0.3 is 15.1 Å². The molecule has 1 saturated heterocycles. The van der Waals surface area contributed by atoms with Gasteiger partial charge in [-0.05, 0) is 30.9 Å². The van der Waals surface area contributed by atoms with Crippen molar-refractivity contribution in [2.75, 3.05) is 57.0 Å². The number of para-hydroxylation sites is 1. The monoisotopic (exact) mass is 555 g/mol. The fourth-order valence-electron chi connectivity index (χ4n) is 3.51. The van der Waals surface area contributed by atoms with Crippen molar-refractivity contribution in [3.63, 3.8) is 0 Å². The van der Waals surface area contributed by atoms with E-state index < -0.39 is 10.0 Å². The first-order valence-electron chi connectivity index (χ1n) is 9.91. The molecule has 1 aromatic carbocycles. The summed E-state index contributed by atoms with van der Waals surface area (Å²) in [5, 5.41) is 3.95. The first-order valence-corrected chi connectivity index (χ1v) is 11.9. The summed E-state index contributed by atoms with van der Waals surface area (Å²) in [5.41, 5.74) is 1.05. The van der Waals surface area contributed by atoms with E-state index in [4.69, 9.17) is 11.6 Å². The number of piperazine rings is 1. The highest BCUT2D eigenvalue weighted by atomic mass is 127. The van der Waals surface area contributed by atoms with Crippen LogP contribution in [0.25, 0.3) is 0 Å². The van der Waals surface area contributed by atoms with Crippen LogP contribution in [0.15, 0.2) is 29.3 Å². The number of hydrogen-bond acceptors (Lipinski definition) is 4. The van der Waals surface area contributed by atoms with Crippen LogP contribution in [-0.4, -0.2) is 71.3 Å². The van der Waals surface area contributed by atoms with E-state index in [1.165, 1.54) is 6.42 Å². The molecule has 1 heterocycles. The number of hydrogen-bond donors (Lipinski definition) is 2. The van der Waals surface area contributed by atoms with Crippen LogP contribution in [0.5, 0.6) is 0 Å². The van der Waals surface area contributed by atoms with E-state index in [1.54, 1.807) is 7.05 Å². The standard InChI is InChI=1S/C19H30ClN5O2S.HI/c1-21-19(22-9-14-28(26,27)23-15-16-5-4-6-16)25-12-10-24(11-13-25)18-8-3-2-7-17(18)20;/h2-3,7-8,16,23H,4-6,9-15H2,1H3,(H,21,22);1H. The van der Waals surface area contributed by atoms with Crippen molar-refractivity contribution in [3.8, 4) is 0 Å². The second-order valence-electron chi connectivity index (χ2n) is 7.36. The number of anilines is 1. The second kappa shape index (κ2) is 11.6. The summed E-state index contributed by atoms with van der Waals surface area (Å²) in [7, 11) is -1.52. The summed E-state index contributed by atoms with van der Waals surface area (Å²) in [6.45, 7) is 4.20. The Morgan fingerprint density at radius 3 is 2.48 bits per heavy atom. The zero-order valence-electron chi connectivity index (χ0n) is 16.8. The third-order valence-electron chi connectivity index (χ3n) is 5.45. The van der Waals surface area contributed by atoms with Crippen molar-refractivity contribution in [1.82, 2.24) is 14.9 Å². The highest BCUT2D eigenvalue weighted by Gasteiger charge is 2.22. The fraction of sp³-hybridized carbons (Fsp3) is 0.632. The minimum absolute atomic E-state index is 0. The normalized spacial score (nSPS) is 18.2. The molecule has 2 fully saturated rings. The number of benzene rings is 1. The van der Waals surface area contributed by atoms with E-state index in [0.717, 1.165) is 55.7 Å². The first-order chi connectivity index (χ1) is 13.5. The van der Waals surface area contributed by atoms with Crippen LogP contribution in [-0.2, 0) is 10.0 Å². The largest absolute Gasteiger partial charge is 0.367 e. The Morgan fingerprint density at radius 2 is 1.90 bits per heavy atom. The number of nitrogens with zero attached hydrogens (tertiary/aromatic N) is 3. The van der Waals surface area contributed by atoms with E-state index in [-0.39, 0.29) is 29.7 Å². The molecule has 10 heteroatoms. The molecular formula is C19H31ClIN5O2S. The van der Waals surface area contributed by atoms with Crippen LogP contribution >= 0.6 is 35.6 Å². The van der Waals surface area contributed by atoms with E-state index in [9.17, 15) is 8.42 Å². The molecule has 3 rings (SSSR count). The quantitative estimate of drug-likeness (QED) is 0.307. The van der Waals surface area contributed by atoms with Crippen molar-refractivity contribution >= 4 is 57.2 Å². The number of guanidine groups is 1. The average Bonchev–Trinajstić information content (AvgIpc) is 2.65. The van der Waals surface area contributed by atoms with Gasteiger partial charge >= 0.3 is 0 Å². The summed E-state index contributed by atoms with van der Waals surface area (Å²) in [6.07, 6.45) is 3.48. The van der Waals surface area contributed by atoms with Crippen LogP contribution in [0.2, 0.25) is 5.02 Å². The Labute approximate surface area is 196 Å². The van der Waals surface area contributed by atoms with Gasteiger partial charge in [0.05, 0.1) is 16.5 Å². The van der Waals surface area contributed by atoms with Gasteiger partial charge in [0.15, 0.2) is 5.96 Å². The molecule has 2 N–H and O–H groups in total. The molecule has 0 aromatic heterocycles. The number of sulfonamides is 1. The average molecular weight is 556 g/mol. The molecule has 0 radical (unpaired) electrons. The minimum Gasteiger partial charge on any atom is -0.367 e. The van der Waals surface area contributed by atoms with Gasteiger partial charge in [-0.1, -0.05) is 30.2 Å². The molecule has 2 aliphatic rings. The van der Waals surface area contributed by atoms with Crippen molar-refractivity contribution in [2.45, 2.75) is 19.3 Å². The number of aliphatic imine (C=N–C) groups is 1. The molecule has 0 amide bonds. The van der Waals surface area contributed by atoms with Crippen molar-refractivity contribution in [2.24, 2.45) is 10.9 Å². The Bertz CT molecular complexity index is 781. The zero-order chi connectivity index (χ0) is 20.0. The number of halogens is 2. The zero-order valence-corrected chi connectivity index (χ0v) is 20.7. The third-order valence-corrected chi connectivity index (χ3v) is 7.12. The molecule has 0 bridgehead atoms. The molecular weight excluding hydrogens is 525 g/mol. The molecule has 0 unspecified atom stereocenters. The van der Waals surface area contributed by atoms with Gasteiger partial charge in [0.2, 0.25) is 10.0 Å². The highest BCUT2D eigenvalue weighted by molar-refractivity contribution is 14.0. The molecule has 29 heavy (non-hydrogen) atoms. The molecule has 164 valence electrons. The van der Waals surface area contributed by atoms with Crippen molar-refractivity contribution < 1.29 is 8.42 Å². The number of nitrogens with one attached hydrogen (secondary N) is 2. The number of rotatable bonds is 7. The SMILES string of the molecule is CN=C(NCCS(=O)(=O)NCC1CCC1)N1CCN(c2ccccc2Cl)CC1.I. The summed E-state index contributed by atoms with van der Waals surface area (Å²) in [4.78, 5) is 8.73. The van der Waals surface area contributed by atoms with Gasteiger partial charge in [-0.3, -0.25) is 4.99 Å². The maximum absolute atomic E-state index is 12.1. The Kier molecular flexibility index (Phi) is 9.77. The van der Waals surface area contributed by atoms with E-state index >= 15 is 0 Å². The smallest absolute Gasteiger partial charge is 0.213 e. The summed E-state index contributed by atoms with van der Waals surface area (Å²) in [5.74, 6) is 1.32. The lowest BCUT2D eigenvalue weighted by atomic mass is 9.86. The van der Waals surface area contributed by atoms with Crippen LogP contribution < -0.4 is 14.9 Å². The Hall–Kier alpha value is -0.780. The maximum atomic E-state index is 12.1. The van der Waals surface area contributed by atoms with E-state index in [1.807, 2.05) is 24.3 Å². The van der Waals surface area contributed by atoms with Gasteiger partial charge in [-0.25, -0.2) is 13.1 Å². The predicted molar refractivity (Wildman–Crippen MR) is 131 cm³/mol. The first kappa shape index (κ1) is 24.5. The van der Waals surface area contributed by atoms with Gasteiger partial charge in [-0.2, -0.15) is 0 Å². The van der Waals surface area contributed by atoms with Crippen LogP contribution in [0.3, 0.4) is 0 Å². The van der Waals surface area contributed by atoms with Gasteiger partial charge in [0, 0.05) is 46.3 Å². The lowest BCUT2D eigenvalue weighted by Crippen LogP contribution is -2.53. The molecule has 7 nitrogen and oxygen atoms in total. The molecule has 1 aromatic rings. The second-order valence-corrected chi connectivity index (χ2v) is 9.70. The van der Waals surface area contributed by atoms with Crippen LogP contribution in [0.1, 0.15) is 19.3 Å². The highest BCUT2D eigenvalue weighted by Crippen LogP contribution is 2.26. The minimum atomic E-state index is -3.25. The Balaban J connectivity index is 0.00000300. The predicted octanol–water partition coefficient (Wildman–Crippen LogP) is 2.37. The van der Waals surface area contributed by atoms with Gasteiger partial charge in [0.25, 0.3) is 0 Å². The summed E-state index contributed by atoms with van der Waals surface area (Å²) in [6, 6.07) is 7.87. The third kappa shape index (κ3) is 7.15. The lowest BCUT2D eigenvalue weighted by Gasteiger charge is -2.38. The molecule has 0 spiro atoms.